The molecule has 0 bridgehead atoms. The molecule has 1 aliphatic carbocycles. The van der Waals surface area contributed by atoms with Gasteiger partial charge < -0.3 is 10.4 Å². The number of carbonyl (C=O) groups excluding carboxylic acids is 1. The molecule has 2 rings (SSSR count). The van der Waals surface area contributed by atoms with Gasteiger partial charge in [-0.1, -0.05) is 56.0 Å². The smallest absolute Gasteiger partial charge is 0.329 e. The van der Waals surface area contributed by atoms with Crippen molar-refractivity contribution >= 4 is 21.7 Å². The number of amides is 1. The van der Waals surface area contributed by atoms with Crippen LogP contribution in [0.5, 0.6) is 0 Å². The van der Waals surface area contributed by atoms with E-state index in [4.69, 9.17) is 0 Å². The molecule has 7 heteroatoms. The molecule has 0 spiro atoms. The average molecular weight is 381 g/mol. The quantitative estimate of drug-likeness (QED) is 0.673. The summed E-state index contributed by atoms with van der Waals surface area (Å²) < 4.78 is 24.4. The molecule has 1 aromatic rings. The number of rotatable bonds is 8. The molecule has 144 valence electrons. The summed E-state index contributed by atoms with van der Waals surface area (Å²) >= 11 is 0. The summed E-state index contributed by atoms with van der Waals surface area (Å²) in [6.45, 7) is 0. The van der Waals surface area contributed by atoms with Crippen molar-refractivity contribution in [1.29, 1.82) is 0 Å². The summed E-state index contributed by atoms with van der Waals surface area (Å²) in [6.07, 6.45) is 5.06. The zero-order valence-corrected chi connectivity index (χ0v) is 15.8. The van der Waals surface area contributed by atoms with Gasteiger partial charge in [0, 0.05) is 0 Å². The predicted octanol–water partition coefficient (Wildman–Crippen LogP) is 2.33. The van der Waals surface area contributed by atoms with Crippen molar-refractivity contribution in [2.75, 3.05) is 11.5 Å². The van der Waals surface area contributed by atoms with E-state index in [1.54, 1.807) is 0 Å². The largest absolute Gasteiger partial charge is 0.480 e. The van der Waals surface area contributed by atoms with E-state index in [0.717, 1.165) is 31.2 Å². The third kappa shape index (κ3) is 6.12. The highest BCUT2D eigenvalue weighted by Crippen LogP contribution is 2.27. The Kier molecular flexibility index (Phi) is 7.20. The Morgan fingerprint density at radius 2 is 1.65 bits per heavy atom. The summed E-state index contributed by atoms with van der Waals surface area (Å²) in [6, 6.07) is 9.56. The van der Waals surface area contributed by atoms with E-state index < -0.39 is 33.0 Å². The first-order valence-electron chi connectivity index (χ1n) is 9.12. The molecule has 26 heavy (non-hydrogen) atoms. The van der Waals surface area contributed by atoms with Crippen LogP contribution < -0.4 is 5.32 Å². The number of carboxylic acid groups (broad SMARTS) is 1. The molecular weight excluding hydrogens is 354 g/mol. The van der Waals surface area contributed by atoms with Gasteiger partial charge in [0.05, 0.1) is 5.75 Å². The zero-order chi connectivity index (χ0) is 19.0. The van der Waals surface area contributed by atoms with Crippen LogP contribution in [-0.4, -0.2) is 42.4 Å². The fourth-order valence-electron chi connectivity index (χ4n) is 3.44. The number of carbonyl (C=O) groups is 2. The number of benzene rings is 1. The fourth-order valence-corrected chi connectivity index (χ4v) is 4.64. The lowest BCUT2D eigenvalue weighted by Gasteiger charge is -2.29. The van der Waals surface area contributed by atoms with Crippen LogP contribution in [0.1, 0.15) is 50.5 Å². The maximum absolute atomic E-state index is 12.2. The third-order valence-electron chi connectivity index (χ3n) is 4.86. The van der Waals surface area contributed by atoms with Gasteiger partial charge in [-0.05, 0) is 31.2 Å². The molecular formula is C19H27NO5S. The number of aryl methyl sites for hydroxylation is 1. The van der Waals surface area contributed by atoms with Crippen LogP contribution in [0.4, 0.5) is 0 Å². The number of carboxylic acids is 1. The highest BCUT2D eigenvalue weighted by atomic mass is 32.2. The maximum atomic E-state index is 12.2. The lowest BCUT2D eigenvalue weighted by molar-refractivity contribution is -0.148. The third-order valence-corrected chi connectivity index (χ3v) is 6.47. The van der Waals surface area contributed by atoms with Crippen LogP contribution >= 0.6 is 0 Å². The summed E-state index contributed by atoms with van der Waals surface area (Å²) in [5.41, 5.74) is -0.275. The highest BCUT2D eigenvalue weighted by molar-refractivity contribution is 7.92. The minimum atomic E-state index is -3.57. The highest BCUT2D eigenvalue weighted by Gasteiger charge is 2.40. The molecule has 1 amide bonds. The van der Waals surface area contributed by atoms with E-state index in [1.165, 1.54) is 0 Å². The fraction of sp³-hybridized carbons (Fsp3) is 0.579. The van der Waals surface area contributed by atoms with Gasteiger partial charge in [0.25, 0.3) is 0 Å². The molecule has 0 aliphatic heterocycles. The van der Waals surface area contributed by atoms with Crippen LogP contribution in [-0.2, 0) is 25.8 Å². The molecule has 1 fully saturated rings. The maximum Gasteiger partial charge on any atom is 0.329 e. The molecule has 6 nitrogen and oxygen atoms in total. The van der Waals surface area contributed by atoms with Crippen molar-refractivity contribution in [3.05, 3.63) is 35.9 Å². The van der Waals surface area contributed by atoms with Crippen LogP contribution in [0, 0.1) is 0 Å². The summed E-state index contributed by atoms with van der Waals surface area (Å²) in [7, 11) is -3.57. The van der Waals surface area contributed by atoms with Crippen LogP contribution in [0.25, 0.3) is 0 Å². The van der Waals surface area contributed by atoms with Crippen LogP contribution in [0.2, 0.25) is 0 Å². The first kappa shape index (κ1) is 20.4. The number of sulfone groups is 1. The van der Waals surface area contributed by atoms with Crippen molar-refractivity contribution in [2.24, 2.45) is 0 Å². The predicted molar refractivity (Wildman–Crippen MR) is 99.6 cm³/mol. The zero-order valence-electron chi connectivity index (χ0n) is 14.9. The first-order chi connectivity index (χ1) is 12.3. The number of aliphatic carboxylic acids is 1. The molecule has 0 heterocycles. The van der Waals surface area contributed by atoms with Crippen LogP contribution in [0.15, 0.2) is 30.3 Å². The molecule has 0 unspecified atom stereocenters. The molecule has 1 aliphatic rings. The first-order valence-corrected chi connectivity index (χ1v) is 10.9. The second-order valence-corrected chi connectivity index (χ2v) is 9.21. The topological polar surface area (TPSA) is 101 Å². The van der Waals surface area contributed by atoms with Gasteiger partial charge in [0.2, 0.25) is 5.91 Å². The van der Waals surface area contributed by atoms with E-state index in [-0.39, 0.29) is 5.75 Å². The van der Waals surface area contributed by atoms with Gasteiger partial charge >= 0.3 is 5.97 Å². The van der Waals surface area contributed by atoms with Crippen molar-refractivity contribution in [2.45, 2.75) is 56.9 Å². The average Bonchev–Trinajstić information content (AvgIpc) is 2.81. The van der Waals surface area contributed by atoms with Crippen molar-refractivity contribution in [1.82, 2.24) is 5.32 Å². The molecule has 0 radical (unpaired) electrons. The Morgan fingerprint density at radius 3 is 2.23 bits per heavy atom. The molecule has 1 aromatic carbocycles. The Balaban J connectivity index is 1.88. The Bertz CT molecular complexity index is 707. The van der Waals surface area contributed by atoms with Gasteiger partial charge in [0.15, 0.2) is 9.84 Å². The minimum Gasteiger partial charge on any atom is -0.480 e. The molecule has 0 atom stereocenters. The van der Waals surface area contributed by atoms with Crippen molar-refractivity contribution in [3.8, 4) is 0 Å². The van der Waals surface area contributed by atoms with Crippen molar-refractivity contribution in [3.63, 3.8) is 0 Å². The Morgan fingerprint density at radius 1 is 1.04 bits per heavy atom. The van der Waals surface area contributed by atoms with Crippen molar-refractivity contribution < 1.29 is 23.1 Å². The normalized spacial score (nSPS) is 17.2. The van der Waals surface area contributed by atoms with E-state index >= 15 is 0 Å². The number of nitrogens with one attached hydrogen (secondary N) is 1. The molecule has 0 saturated heterocycles. The van der Waals surface area contributed by atoms with Gasteiger partial charge in [0.1, 0.15) is 11.3 Å². The molecule has 0 aromatic heterocycles. The summed E-state index contributed by atoms with van der Waals surface area (Å²) in [4.78, 5) is 23.9. The van der Waals surface area contributed by atoms with Gasteiger partial charge in [-0.2, -0.15) is 0 Å². The number of hydrogen-bond donors (Lipinski definition) is 2. The molecule has 2 N–H and O–H groups in total. The second-order valence-electron chi connectivity index (χ2n) is 7.03. The van der Waals surface area contributed by atoms with E-state index in [2.05, 4.69) is 5.32 Å². The summed E-state index contributed by atoms with van der Waals surface area (Å²) in [5.74, 6) is -2.53. The monoisotopic (exact) mass is 381 g/mol. The lowest BCUT2D eigenvalue weighted by Crippen LogP contribution is -2.55. The molecule has 1 saturated carbocycles. The Hall–Kier alpha value is -1.89. The van der Waals surface area contributed by atoms with Gasteiger partial charge in [-0.25, -0.2) is 13.2 Å². The van der Waals surface area contributed by atoms with E-state index in [0.29, 0.717) is 25.7 Å². The van der Waals surface area contributed by atoms with Gasteiger partial charge in [-0.15, -0.1) is 0 Å². The van der Waals surface area contributed by atoms with E-state index in [1.807, 2.05) is 30.3 Å². The number of hydrogen-bond acceptors (Lipinski definition) is 4. The van der Waals surface area contributed by atoms with Gasteiger partial charge in [-0.3, -0.25) is 4.79 Å². The van der Waals surface area contributed by atoms with Crippen LogP contribution in [0.3, 0.4) is 0 Å². The SMILES string of the molecule is O=C(CS(=O)(=O)CCCc1ccccc1)NC1(C(=O)O)CCCCCC1. The van der Waals surface area contributed by atoms with E-state index in [9.17, 15) is 23.1 Å². The minimum absolute atomic E-state index is 0.0879. The summed E-state index contributed by atoms with van der Waals surface area (Å²) in [5, 5.41) is 12.1. The Labute approximate surface area is 154 Å². The standard InChI is InChI=1S/C19H27NO5S/c21-17(20-19(18(22)23)12-6-1-2-7-13-19)15-26(24,25)14-8-11-16-9-4-3-5-10-16/h3-5,9-10H,1-2,6-8,11-15H2,(H,20,21)(H,22,23). The second kappa shape index (κ2) is 9.16. The lowest BCUT2D eigenvalue weighted by atomic mass is 9.90.